The predicted octanol–water partition coefficient (Wildman–Crippen LogP) is 6.00. The second-order valence-corrected chi connectivity index (χ2v) is 13.5. The third kappa shape index (κ3) is 5.31. The van der Waals surface area contributed by atoms with E-state index in [1.165, 1.54) is 0 Å². The van der Waals surface area contributed by atoms with E-state index in [1.807, 2.05) is 6.07 Å². The minimum Gasteiger partial charge on any atom is -0.505 e. The number of benzene rings is 1. The van der Waals surface area contributed by atoms with Gasteiger partial charge in [0.2, 0.25) is 0 Å². The van der Waals surface area contributed by atoms with Crippen molar-refractivity contribution in [1.82, 2.24) is 0 Å². The molecule has 3 rings (SSSR count). The van der Waals surface area contributed by atoms with Gasteiger partial charge in [-0.15, -0.1) is 0 Å². The summed E-state index contributed by atoms with van der Waals surface area (Å²) in [5.41, 5.74) is -2.04. The maximum Gasteiger partial charge on any atom is 0.351 e. The van der Waals surface area contributed by atoms with Crippen molar-refractivity contribution < 1.29 is 29.3 Å². The van der Waals surface area contributed by atoms with E-state index >= 15 is 0 Å². The summed E-state index contributed by atoms with van der Waals surface area (Å²) in [5.74, 6) is -1.92. The van der Waals surface area contributed by atoms with Crippen molar-refractivity contribution in [2.45, 2.75) is 72.3 Å². The zero-order valence-electron chi connectivity index (χ0n) is 19.1. The smallest absolute Gasteiger partial charge is 0.351 e. The molecule has 0 unspecified atom stereocenters. The molecular weight excluding hydrogens is 517 g/mol. The molecule has 2 aliphatic heterocycles. The summed E-state index contributed by atoms with van der Waals surface area (Å²) in [7, 11) is 0. The Morgan fingerprint density at radius 2 is 1.21 bits per heavy atom. The first-order valence-electron chi connectivity index (χ1n) is 9.73. The number of esters is 2. The monoisotopic (exact) mass is 536 g/mol. The van der Waals surface area contributed by atoms with Crippen molar-refractivity contribution in [3.8, 4) is 17.6 Å². The van der Waals surface area contributed by atoms with Crippen molar-refractivity contribution in [2.24, 2.45) is 0 Å². The molecule has 0 spiro atoms. The fourth-order valence-electron chi connectivity index (χ4n) is 2.63. The van der Waals surface area contributed by atoms with E-state index in [9.17, 15) is 25.1 Å². The highest BCUT2D eigenvalue weighted by atomic mass is 32.2. The van der Waals surface area contributed by atoms with Crippen molar-refractivity contribution in [2.75, 3.05) is 0 Å². The maximum atomic E-state index is 12.5. The molecule has 2 heterocycles. The first-order chi connectivity index (χ1) is 15.7. The maximum absolute atomic E-state index is 12.5. The number of hydrogen-bond donors (Lipinski definition) is 2. The quantitative estimate of drug-likeness (QED) is 0.152. The van der Waals surface area contributed by atoms with Crippen LogP contribution in [0.15, 0.2) is 39.3 Å². The number of carbonyl (C=O) groups is 2. The summed E-state index contributed by atoms with van der Waals surface area (Å²) in [6.45, 7) is 17.6. The number of thioether (sulfide) groups is 4. The molecule has 1 aromatic rings. The lowest BCUT2D eigenvalue weighted by Gasteiger charge is -2.19. The van der Waals surface area contributed by atoms with Crippen LogP contribution in [-0.4, -0.2) is 33.4 Å². The number of fused-ring (bicyclic) bond motifs is 2. The van der Waals surface area contributed by atoms with Gasteiger partial charge in [-0.05, 0) is 41.5 Å². The number of phenolic OH excluding ortho intramolecular Hbond substituents is 2. The Kier molecular flexibility index (Phi) is 7.21. The van der Waals surface area contributed by atoms with Gasteiger partial charge in [-0.25, -0.2) is 9.64 Å². The average molecular weight is 537 g/mol. The molecule has 1 aromatic carbocycles. The molecule has 2 aliphatic rings. The summed E-state index contributed by atoms with van der Waals surface area (Å²) in [4.78, 5) is 29.4. The largest absolute Gasteiger partial charge is 0.505 e. The number of ether oxygens (including phenoxy) is 2. The van der Waals surface area contributed by atoms with Crippen LogP contribution in [0.3, 0.4) is 0 Å². The fraction of sp³-hybridized carbons (Fsp3) is 0.364. The van der Waals surface area contributed by atoms with Gasteiger partial charge in [-0.1, -0.05) is 47.0 Å². The number of aromatic hydroxyl groups is 2. The zero-order valence-corrected chi connectivity index (χ0v) is 22.3. The lowest BCUT2D eigenvalue weighted by Crippen LogP contribution is -2.24. The number of hydrogen-bond acceptors (Lipinski definition) is 11. The molecule has 0 aromatic heterocycles. The van der Waals surface area contributed by atoms with E-state index < -0.39 is 23.1 Å². The number of phenols is 2. The molecule has 2 N–H and O–H groups in total. The molecule has 0 saturated carbocycles. The van der Waals surface area contributed by atoms with Gasteiger partial charge in [0.15, 0.2) is 5.57 Å². The van der Waals surface area contributed by atoms with Crippen molar-refractivity contribution in [3.05, 3.63) is 31.2 Å². The summed E-state index contributed by atoms with van der Waals surface area (Å²) in [5, 5.41) is 31.4. The minimum absolute atomic E-state index is 0.169. The lowest BCUT2D eigenvalue weighted by molar-refractivity contribution is -0.150. The van der Waals surface area contributed by atoms with Gasteiger partial charge in [-0.3, -0.25) is 4.79 Å². The van der Waals surface area contributed by atoms with Gasteiger partial charge in [0.1, 0.15) is 28.8 Å². The van der Waals surface area contributed by atoms with Crippen LogP contribution in [0.2, 0.25) is 0 Å². The van der Waals surface area contributed by atoms with E-state index in [1.54, 1.807) is 41.5 Å². The molecule has 0 amide bonds. The van der Waals surface area contributed by atoms with E-state index in [4.69, 9.17) is 16.0 Å². The summed E-state index contributed by atoms with van der Waals surface area (Å²) in [6.07, 6.45) is 0. The zero-order chi connectivity index (χ0) is 25.6. The van der Waals surface area contributed by atoms with Crippen molar-refractivity contribution in [3.63, 3.8) is 0 Å². The van der Waals surface area contributed by atoms with Crippen LogP contribution in [0.1, 0.15) is 41.5 Å². The Balaban J connectivity index is 2.00. The highest BCUT2D eigenvalue weighted by molar-refractivity contribution is 8.26. The SMILES string of the molecule is [C-]#[N+]C(C(=O)OC(C)(C)C)=C1Sc2c(O)c3c(c(O)c2S1)SC(=C(C#N)C(=O)OC(C)(C)C)S3. The van der Waals surface area contributed by atoms with Gasteiger partial charge in [-0.2, -0.15) is 5.26 Å². The highest BCUT2D eigenvalue weighted by Gasteiger charge is 2.39. The van der Waals surface area contributed by atoms with E-state index in [0.717, 1.165) is 47.0 Å². The Hall–Kier alpha value is -2.38. The van der Waals surface area contributed by atoms with Crippen LogP contribution in [0.25, 0.3) is 4.85 Å². The van der Waals surface area contributed by atoms with Gasteiger partial charge in [0.25, 0.3) is 5.70 Å². The van der Waals surface area contributed by atoms with Crippen molar-refractivity contribution >= 4 is 59.0 Å². The Morgan fingerprint density at radius 1 is 0.824 bits per heavy atom. The first kappa shape index (κ1) is 26.2. The Labute approximate surface area is 214 Å². The lowest BCUT2D eigenvalue weighted by atomic mass is 10.2. The molecule has 178 valence electrons. The van der Waals surface area contributed by atoms with Crippen LogP contribution in [0, 0.1) is 17.9 Å². The van der Waals surface area contributed by atoms with Gasteiger partial charge in [0.05, 0.1) is 34.6 Å². The summed E-state index contributed by atoms with van der Waals surface area (Å²) >= 11 is 3.92. The number of nitriles is 1. The third-order valence-corrected chi connectivity index (χ3v) is 9.07. The number of rotatable bonds is 2. The molecule has 0 atom stereocenters. The molecule has 0 radical (unpaired) electrons. The molecule has 0 saturated heterocycles. The standard InChI is InChI=1S/C22H20N2O6S4/c1-21(2,3)29-17(27)9(8-23)19-31-13-11(25)15-16(12(26)14(13)32-19)34-20(33-15)10(24-7)18(28)30-22(4,5)6/h25-26H,1-6H3. The minimum atomic E-state index is -0.795. The molecular formula is C22H20N2O6S4. The van der Waals surface area contributed by atoms with Crippen LogP contribution in [-0.2, 0) is 19.1 Å². The number of nitrogens with zero attached hydrogens (tertiary/aromatic N) is 2. The molecule has 0 bridgehead atoms. The second kappa shape index (κ2) is 9.34. The van der Waals surface area contributed by atoms with Gasteiger partial charge < -0.3 is 19.7 Å². The second-order valence-electron chi connectivity index (χ2n) is 8.95. The normalized spacial score (nSPS) is 14.6. The van der Waals surface area contributed by atoms with Crippen LogP contribution in [0.4, 0.5) is 0 Å². The number of carbonyl (C=O) groups excluding carboxylic acids is 2. The highest BCUT2D eigenvalue weighted by Crippen LogP contribution is 2.67. The predicted molar refractivity (Wildman–Crippen MR) is 131 cm³/mol. The molecule has 12 heteroatoms. The van der Waals surface area contributed by atoms with Crippen LogP contribution in [0.5, 0.6) is 11.5 Å². The summed E-state index contributed by atoms with van der Waals surface area (Å²) in [6, 6.07) is 1.86. The molecule has 0 fully saturated rings. The third-order valence-electron chi connectivity index (χ3n) is 3.87. The van der Waals surface area contributed by atoms with Crippen LogP contribution >= 0.6 is 47.0 Å². The van der Waals surface area contributed by atoms with Crippen molar-refractivity contribution in [1.29, 1.82) is 5.26 Å². The average Bonchev–Trinajstić information content (AvgIpc) is 3.30. The Morgan fingerprint density at radius 3 is 1.56 bits per heavy atom. The van der Waals surface area contributed by atoms with Gasteiger partial charge in [0, 0.05) is 0 Å². The first-order valence-corrected chi connectivity index (χ1v) is 13.0. The van der Waals surface area contributed by atoms with E-state index in [-0.39, 0.29) is 50.8 Å². The Bertz CT molecular complexity index is 1120. The molecule has 8 nitrogen and oxygen atoms in total. The molecule has 34 heavy (non-hydrogen) atoms. The summed E-state index contributed by atoms with van der Waals surface area (Å²) < 4.78 is 11.2. The van der Waals surface area contributed by atoms with Crippen LogP contribution < -0.4 is 0 Å². The van der Waals surface area contributed by atoms with E-state index in [2.05, 4.69) is 4.85 Å². The fourth-order valence-corrected chi connectivity index (χ4v) is 7.80. The topological polar surface area (TPSA) is 121 Å². The van der Waals surface area contributed by atoms with E-state index in [0.29, 0.717) is 0 Å². The molecule has 0 aliphatic carbocycles. The van der Waals surface area contributed by atoms with Gasteiger partial charge >= 0.3 is 11.9 Å².